The maximum absolute atomic E-state index is 12.3. The van der Waals surface area contributed by atoms with Crippen LogP contribution in [0.1, 0.15) is 38.2 Å². The van der Waals surface area contributed by atoms with Crippen molar-refractivity contribution >= 4 is 17.6 Å². The number of carboxylic acid groups (broad SMARTS) is 1. The zero-order valence-corrected chi connectivity index (χ0v) is 11.1. The number of carbonyl (C=O) groups excluding carboxylic acids is 2. The zero-order valence-electron chi connectivity index (χ0n) is 11.1. The minimum absolute atomic E-state index is 0.000833. The second kappa shape index (κ2) is 5.87. The van der Waals surface area contributed by atoms with Crippen molar-refractivity contribution in [3.63, 3.8) is 0 Å². The Kier molecular flexibility index (Phi) is 4.20. The molecule has 2 rings (SSSR count). The Morgan fingerprint density at radius 2 is 2.05 bits per heavy atom. The number of carboxylic acids is 1. The summed E-state index contributed by atoms with van der Waals surface area (Å²) in [6.45, 7) is 2.03. The summed E-state index contributed by atoms with van der Waals surface area (Å²) in [5, 5.41) is 10.4. The Labute approximate surface area is 113 Å². The fraction of sp³-hybridized carbons (Fsp3) is 0.467. The summed E-state index contributed by atoms with van der Waals surface area (Å²) in [4.78, 5) is 24.5. The molecule has 0 bridgehead atoms. The Bertz CT molecular complexity index is 484. The van der Waals surface area contributed by atoms with Gasteiger partial charge in [-0.25, -0.2) is 0 Å². The lowest BCUT2D eigenvalue weighted by Gasteiger charge is -2.35. The van der Waals surface area contributed by atoms with E-state index in [0.29, 0.717) is 6.42 Å². The van der Waals surface area contributed by atoms with Crippen molar-refractivity contribution in [2.24, 2.45) is 0 Å². The number of benzene rings is 1. The molecule has 0 unspecified atom stereocenters. The van der Waals surface area contributed by atoms with Gasteiger partial charge in [-0.15, -0.1) is 0 Å². The summed E-state index contributed by atoms with van der Waals surface area (Å²) in [7, 11) is 0. The summed E-state index contributed by atoms with van der Waals surface area (Å²) >= 11 is 0. The Balaban J connectivity index is 2.10. The van der Waals surface area contributed by atoms with Crippen molar-refractivity contribution in [2.45, 2.75) is 45.1 Å². The molecule has 0 fully saturated rings. The van der Waals surface area contributed by atoms with Gasteiger partial charge in [-0.2, -0.15) is 0 Å². The number of para-hydroxylation sites is 1. The maximum Gasteiger partial charge on any atom is 0.227 e. The number of fused-ring (bicyclic) bond motifs is 1. The number of carbonyl (C=O) groups is 2. The van der Waals surface area contributed by atoms with E-state index in [9.17, 15) is 14.7 Å². The van der Waals surface area contributed by atoms with Crippen molar-refractivity contribution in [2.75, 3.05) is 4.90 Å². The van der Waals surface area contributed by atoms with E-state index in [1.807, 2.05) is 36.1 Å². The maximum atomic E-state index is 12.3. The monoisotopic (exact) mass is 260 g/mol. The van der Waals surface area contributed by atoms with Crippen molar-refractivity contribution in [1.82, 2.24) is 0 Å². The predicted molar refractivity (Wildman–Crippen MR) is 70.6 cm³/mol. The Morgan fingerprint density at radius 3 is 2.79 bits per heavy atom. The van der Waals surface area contributed by atoms with Crippen LogP contribution in [0.2, 0.25) is 0 Å². The molecule has 1 heterocycles. The van der Waals surface area contributed by atoms with Gasteiger partial charge in [0.1, 0.15) is 0 Å². The van der Waals surface area contributed by atoms with E-state index < -0.39 is 5.97 Å². The average Bonchev–Trinajstić information content (AvgIpc) is 2.38. The largest absolute Gasteiger partial charge is 0.550 e. The van der Waals surface area contributed by atoms with Crippen LogP contribution in [0.3, 0.4) is 0 Å². The molecule has 4 heteroatoms. The molecule has 0 aromatic heterocycles. The standard InChI is InChI=1S/C15H19NO3/c1-11-9-10-12-5-2-3-6-13(12)16(11)14(17)7-4-8-15(18)19/h2-3,5-6,11H,4,7-10H2,1H3,(H,18,19)/p-1/t11-/m1/s1. The lowest BCUT2D eigenvalue weighted by atomic mass is 9.96. The lowest BCUT2D eigenvalue weighted by molar-refractivity contribution is -0.305. The van der Waals surface area contributed by atoms with Gasteiger partial charge in [0.2, 0.25) is 5.91 Å². The van der Waals surface area contributed by atoms with Crippen LogP contribution in [-0.4, -0.2) is 17.9 Å². The molecule has 0 saturated carbocycles. The fourth-order valence-electron chi connectivity index (χ4n) is 2.57. The van der Waals surface area contributed by atoms with Gasteiger partial charge in [0, 0.05) is 24.1 Å². The third-order valence-electron chi connectivity index (χ3n) is 3.56. The van der Waals surface area contributed by atoms with Gasteiger partial charge in [0.15, 0.2) is 0 Å². The number of anilines is 1. The van der Waals surface area contributed by atoms with Crippen LogP contribution in [0.15, 0.2) is 24.3 Å². The van der Waals surface area contributed by atoms with Crippen LogP contribution in [0, 0.1) is 0 Å². The van der Waals surface area contributed by atoms with Crippen molar-refractivity contribution in [1.29, 1.82) is 0 Å². The predicted octanol–water partition coefficient (Wildman–Crippen LogP) is 1.27. The van der Waals surface area contributed by atoms with Crippen LogP contribution >= 0.6 is 0 Å². The number of aryl methyl sites for hydroxylation is 1. The number of hydrogen-bond acceptors (Lipinski definition) is 3. The van der Waals surface area contributed by atoms with Gasteiger partial charge >= 0.3 is 0 Å². The Hall–Kier alpha value is -1.84. The lowest BCUT2D eigenvalue weighted by Crippen LogP contribution is -2.42. The summed E-state index contributed by atoms with van der Waals surface area (Å²) in [6.07, 6.45) is 2.47. The Morgan fingerprint density at radius 1 is 1.32 bits per heavy atom. The van der Waals surface area contributed by atoms with Gasteiger partial charge in [0.05, 0.1) is 0 Å². The second-order valence-electron chi connectivity index (χ2n) is 5.01. The summed E-state index contributed by atoms with van der Waals surface area (Å²) < 4.78 is 0. The van der Waals surface area contributed by atoms with Gasteiger partial charge < -0.3 is 14.8 Å². The summed E-state index contributed by atoms with van der Waals surface area (Å²) in [5.74, 6) is -1.10. The molecular weight excluding hydrogens is 242 g/mol. The number of hydrogen-bond donors (Lipinski definition) is 0. The molecule has 1 aromatic rings. The molecule has 1 aromatic carbocycles. The van der Waals surface area contributed by atoms with Crippen LogP contribution in [0.4, 0.5) is 5.69 Å². The van der Waals surface area contributed by atoms with Gasteiger partial charge in [-0.05, 0) is 44.2 Å². The highest BCUT2D eigenvalue weighted by Gasteiger charge is 2.27. The molecule has 1 amide bonds. The van der Waals surface area contributed by atoms with Crippen molar-refractivity contribution in [3.8, 4) is 0 Å². The van der Waals surface area contributed by atoms with Crippen LogP contribution in [0.5, 0.6) is 0 Å². The third kappa shape index (κ3) is 3.13. The SMILES string of the molecule is C[C@@H]1CCc2ccccc2N1C(=O)CCCC(=O)[O-]. The minimum Gasteiger partial charge on any atom is -0.550 e. The third-order valence-corrected chi connectivity index (χ3v) is 3.56. The topological polar surface area (TPSA) is 60.4 Å². The van der Waals surface area contributed by atoms with E-state index in [0.717, 1.165) is 18.5 Å². The van der Waals surface area contributed by atoms with Crippen molar-refractivity contribution in [3.05, 3.63) is 29.8 Å². The van der Waals surface area contributed by atoms with Crippen LogP contribution < -0.4 is 10.0 Å². The van der Waals surface area contributed by atoms with Crippen molar-refractivity contribution < 1.29 is 14.7 Å². The number of nitrogens with zero attached hydrogens (tertiary/aromatic N) is 1. The molecule has 1 aliphatic heterocycles. The highest BCUT2D eigenvalue weighted by Crippen LogP contribution is 2.31. The van der Waals surface area contributed by atoms with E-state index in [1.54, 1.807) is 0 Å². The van der Waals surface area contributed by atoms with Crippen LogP contribution in [0.25, 0.3) is 0 Å². The highest BCUT2D eigenvalue weighted by atomic mass is 16.4. The zero-order chi connectivity index (χ0) is 13.8. The minimum atomic E-state index is -1.10. The molecule has 0 spiro atoms. The van der Waals surface area contributed by atoms with Crippen LogP contribution in [-0.2, 0) is 16.0 Å². The molecule has 0 radical (unpaired) electrons. The molecule has 4 nitrogen and oxygen atoms in total. The molecule has 0 aliphatic carbocycles. The smallest absolute Gasteiger partial charge is 0.227 e. The highest BCUT2D eigenvalue weighted by molar-refractivity contribution is 5.95. The van der Waals surface area contributed by atoms with E-state index in [4.69, 9.17) is 0 Å². The molecule has 19 heavy (non-hydrogen) atoms. The quantitative estimate of drug-likeness (QED) is 0.819. The number of amides is 1. The second-order valence-corrected chi connectivity index (χ2v) is 5.01. The number of aliphatic carboxylic acids is 1. The van der Waals surface area contributed by atoms with Gasteiger partial charge in [-0.1, -0.05) is 18.2 Å². The number of rotatable bonds is 4. The van der Waals surface area contributed by atoms with E-state index in [1.165, 1.54) is 5.56 Å². The normalized spacial score (nSPS) is 17.9. The van der Waals surface area contributed by atoms with E-state index in [-0.39, 0.29) is 24.8 Å². The van der Waals surface area contributed by atoms with Gasteiger partial charge in [-0.3, -0.25) is 4.79 Å². The molecule has 1 aliphatic rings. The molecule has 0 N–H and O–H groups in total. The summed E-state index contributed by atoms with van der Waals surface area (Å²) in [6, 6.07) is 8.08. The molecule has 1 atom stereocenters. The van der Waals surface area contributed by atoms with Gasteiger partial charge in [0.25, 0.3) is 0 Å². The van der Waals surface area contributed by atoms with E-state index >= 15 is 0 Å². The fourth-order valence-corrected chi connectivity index (χ4v) is 2.57. The first kappa shape index (κ1) is 13.6. The van der Waals surface area contributed by atoms with E-state index in [2.05, 4.69) is 0 Å². The first-order valence-corrected chi connectivity index (χ1v) is 6.69. The average molecular weight is 260 g/mol. The summed E-state index contributed by atoms with van der Waals surface area (Å²) in [5.41, 5.74) is 2.16. The molecular formula is C15H18NO3-. The molecule has 102 valence electrons. The molecule has 0 saturated heterocycles. The first-order valence-electron chi connectivity index (χ1n) is 6.69. The first-order chi connectivity index (χ1) is 9.09.